The summed E-state index contributed by atoms with van der Waals surface area (Å²) in [6, 6.07) is 10.1. The maximum Gasteiger partial charge on any atom is 0.131 e. The van der Waals surface area contributed by atoms with E-state index in [-0.39, 0.29) is 5.82 Å². The fourth-order valence-corrected chi connectivity index (χ4v) is 2.25. The highest BCUT2D eigenvalue weighted by Gasteiger charge is 2.10. The molecule has 0 aliphatic carbocycles. The van der Waals surface area contributed by atoms with Gasteiger partial charge in [0.05, 0.1) is 0 Å². The maximum atomic E-state index is 14.0. The molecule has 0 saturated carbocycles. The van der Waals surface area contributed by atoms with Crippen LogP contribution in [0.15, 0.2) is 36.4 Å². The van der Waals surface area contributed by atoms with Gasteiger partial charge >= 0.3 is 0 Å². The van der Waals surface area contributed by atoms with Crippen LogP contribution in [0.25, 0.3) is 11.1 Å². The van der Waals surface area contributed by atoms with E-state index in [1.165, 1.54) is 6.07 Å². The van der Waals surface area contributed by atoms with Crippen molar-refractivity contribution in [2.45, 2.75) is 13.5 Å². The Balaban J connectivity index is 2.45. The van der Waals surface area contributed by atoms with E-state index in [4.69, 9.17) is 23.2 Å². The highest BCUT2D eigenvalue weighted by molar-refractivity contribution is 6.35. The fourth-order valence-electron chi connectivity index (χ4n) is 1.86. The molecule has 0 unspecified atom stereocenters. The zero-order valence-electron chi connectivity index (χ0n) is 10.5. The van der Waals surface area contributed by atoms with Crippen LogP contribution in [0.1, 0.15) is 12.5 Å². The molecule has 2 aromatic carbocycles. The predicted octanol–water partition coefficient (Wildman–Crippen LogP) is 4.91. The average Bonchev–Trinajstić information content (AvgIpc) is 2.41. The van der Waals surface area contributed by atoms with Crippen molar-refractivity contribution in [3.8, 4) is 11.1 Å². The predicted molar refractivity (Wildman–Crippen MR) is 79.2 cm³/mol. The lowest BCUT2D eigenvalue weighted by Gasteiger charge is -2.09. The third-order valence-corrected chi connectivity index (χ3v) is 3.39. The van der Waals surface area contributed by atoms with Gasteiger partial charge in [0.15, 0.2) is 0 Å². The van der Waals surface area contributed by atoms with Gasteiger partial charge in [-0.25, -0.2) is 4.39 Å². The molecule has 0 aromatic heterocycles. The molecular weight excluding hydrogens is 284 g/mol. The summed E-state index contributed by atoms with van der Waals surface area (Å²) in [5.74, 6) is -0.301. The summed E-state index contributed by atoms with van der Waals surface area (Å²) < 4.78 is 14.0. The van der Waals surface area contributed by atoms with Crippen LogP contribution in [0.4, 0.5) is 4.39 Å². The van der Waals surface area contributed by atoms with Gasteiger partial charge in [-0.2, -0.15) is 0 Å². The van der Waals surface area contributed by atoms with Gasteiger partial charge in [0, 0.05) is 27.7 Å². The minimum atomic E-state index is -0.301. The van der Waals surface area contributed by atoms with Crippen molar-refractivity contribution in [1.82, 2.24) is 5.32 Å². The first-order valence-electron chi connectivity index (χ1n) is 6.06. The molecule has 4 heteroatoms. The summed E-state index contributed by atoms with van der Waals surface area (Å²) in [5.41, 5.74) is 2.10. The molecule has 100 valence electrons. The van der Waals surface area contributed by atoms with E-state index in [0.717, 1.165) is 12.1 Å². The first kappa shape index (κ1) is 14.3. The molecule has 0 bridgehead atoms. The standard InChI is InChI=1S/C15H14Cl2FN/c1-2-19-9-10-3-6-15(18)13(7-10)12-8-11(16)4-5-14(12)17/h3-8,19H,2,9H2,1H3. The second kappa shape index (κ2) is 6.38. The summed E-state index contributed by atoms with van der Waals surface area (Å²) in [5, 5.41) is 4.23. The van der Waals surface area contributed by atoms with E-state index in [1.54, 1.807) is 30.3 Å². The zero-order chi connectivity index (χ0) is 13.8. The number of hydrogen-bond acceptors (Lipinski definition) is 1. The van der Waals surface area contributed by atoms with Crippen LogP contribution < -0.4 is 5.32 Å². The number of hydrogen-bond donors (Lipinski definition) is 1. The summed E-state index contributed by atoms with van der Waals surface area (Å²) in [6.45, 7) is 3.59. The van der Waals surface area contributed by atoms with Crippen LogP contribution in [-0.4, -0.2) is 6.54 Å². The van der Waals surface area contributed by atoms with E-state index in [1.807, 2.05) is 6.92 Å². The lowest BCUT2D eigenvalue weighted by molar-refractivity contribution is 0.629. The van der Waals surface area contributed by atoms with Gasteiger partial charge in [0.2, 0.25) is 0 Å². The van der Waals surface area contributed by atoms with Crippen molar-refractivity contribution in [2.24, 2.45) is 0 Å². The Labute approximate surface area is 122 Å². The van der Waals surface area contributed by atoms with E-state index in [9.17, 15) is 4.39 Å². The van der Waals surface area contributed by atoms with Gasteiger partial charge in [-0.1, -0.05) is 36.2 Å². The number of halogens is 3. The zero-order valence-corrected chi connectivity index (χ0v) is 12.0. The topological polar surface area (TPSA) is 12.0 Å². The van der Waals surface area contributed by atoms with E-state index < -0.39 is 0 Å². The molecule has 0 aliphatic rings. The first-order chi connectivity index (χ1) is 9.11. The van der Waals surface area contributed by atoms with Crippen LogP contribution >= 0.6 is 23.2 Å². The third kappa shape index (κ3) is 3.47. The molecule has 0 fully saturated rings. The van der Waals surface area contributed by atoms with Crippen molar-refractivity contribution in [3.05, 3.63) is 57.8 Å². The second-order valence-corrected chi connectivity index (χ2v) is 5.06. The summed E-state index contributed by atoms with van der Waals surface area (Å²) in [4.78, 5) is 0. The molecule has 19 heavy (non-hydrogen) atoms. The monoisotopic (exact) mass is 297 g/mol. The second-order valence-electron chi connectivity index (χ2n) is 4.22. The molecule has 0 spiro atoms. The Bertz CT molecular complexity index is 584. The molecule has 1 nitrogen and oxygen atoms in total. The minimum Gasteiger partial charge on any atom is -0.313 e. The largest absolute Gasteiger partial charge is 0.313 e. The van der Waals surface area contributed by atoms with E-state index in [2.05, 4.69) is 5.32 Å². The van der Waals surface area contributed by atoms with Crippen molar-refractivity contribution >= 4 is 23.2 Å². The molecule has 2 aromatic rings. The van der Waals surface area contributed by atoms with Crippen molar-refractivity contribution in [1.29, 1.82) is 0 Å². The van der Waals surface area contributed by atoms with Crippen LogP contribution in [0.3, 0.4) is 0 Å². The third-order valence-electron chi connectivity index (χ3n) is 2.83. The Morgan fingerprint density at radius 1 is 1.05 bits per heavy atom. The fraction of sp³-hybridized carbons (Fsp3) is 0.200. The highest BCUT2D eigenvalue weighted by Crippen LogP contribution is 2.32. The van der Waals surface area contributed by atoms with Gasteiger partial charge in [-0.15, -0.1) is 0 Å². The van der Waals surface area contributed by atoms with Gasteiger partial charge in [-0.3, -0.25) is 0 Å². The van der Waals surface area contributed by atoms with Crippen molar-refractivity contribution in [3.63, 3.8) is 0 Å². The first-order valence-corrected chi connectivity index (χ1v) is 6.82. The van der Waals surface area contributed by atoms with Gasteiger partial charge in [0.1, 0.15) is 5.82 Å². The van der Waals surface area contributed by atoms with E-state index >= 15 is 0 Å². The lowest BCUT2D eigenvalue weighted by atomic mass is 10.0. The quantitative estimate of drug-likeness (QED) is 0.845. The molecular formula is C15H14Cl2FN. The van der Waals surface area contributed by atoms with E-state index in [0.29, 0.717) is 27.7 Å². The van der Waals surface area contributed by atoms with Gasteiger partial charge in [0.25, 0.3) is 0 Å². The molecule has 0 saturated heterocycles. The van der Waals surface area contributed by atoms with Crippen LogP contribution in [0.5, 0.6) is 0 Å². The minimum absolute atomic E-state index is 0.301. The van der Waals surface area contributed by atoms with Crippen molar-refractivity contribution in [2.75, 3.05) is 6.54 Å². The average molecular weight is 298 g/mol. The molecule has 0 heterocycles. The summed E-state index contributed by atoms with van der Waals surface area (Å²) >= 11 is 12.1. The van der Waals surface area contributed by atoms with Crippen LogP contribution in [-0.2, 0) is 6.54 Å². The number of rotatable bonds is 4. The van der Waals surface area contributed by atoms with Gasteiger partial charge < -0.3 is 5.32 Å². The molecule has 1 N–H and O–H groups in total. The van der Waals surface area contributed by atoms with Crippen LogP contribution in [0.2, 0.25) is 10.0 Å². The Kier molecular flexibility index (Phi) is 4.81. The number of benzene rings is 2. The maximum absolute atomic E-state index is 14.0. The molecule has 0 atom stereocenters. The molecule has 2 rings (SSSR count). The van der Waals surface area contributed by atoms with Crippen LogP contribution in [0, 0.1) is 5.82 Å². The summed E-state index contributed by atoms with van der Waals surface area (Å²) in [7, 11) is 0. The highest BCUT2D eigenvalue weighted by atomic mass is 35.5. The molecule has 0 radical (unpaired) electrons. The van der Waals surface area contributed by atoms with Crippen molar-refractivity contribution < 1.29 is 4.39 Å². The van der Waals surface area contributed by atoms with Gasteiger partial charge in [-0.05, 0) is 42.4 Å². The Morgan fingerprint density at radius 3 is 2.58 bits per heavy atom. The SMILES string of the molecule is CCNCc1ccc(F)c(-c2cc(Cl)ccc2Cl)c1. The molecule has 0 amide bonds. The summed E-state index contributed by atoms with van der Waals surface area (Å²) in [6.07, 6.45) is 0. The normalized spacial score (nSPS) is 10.7. The lowest BCUT2D eigenvalue weighted by Crippen LogP contribution is -2.11. The smallest absolute Gasteiger partial charge is 0.131 e. The number of nitrogens with one attached hydrogen (secondary N) is 1. The Morgan fingerprint density at radius 2 is 1.84 bits per heavy atom. The Hall–Kier alpha value is -1.09. The molecule has 0 aliphatic heterocycles.